The lowest BCUT2D eigenvalue weighted by molar-refractivity contribution is -0.136. The van der Waals surface area contributed by atoms with E-state index in [1.807, 2.05) is 12.1 Å². The molecule has 0 aromatic heterocycles. The first-order valence-corrected chi connectivity index (χ1v) is 10.0. The fourth-order valence-electron chi connectivity index (χ4n) is 5.02. The van der Waals surface area contributed by atoms with Gasteiger partial charge in [-0.2, -0.15) is 0 Å². The number of hydrogen-bond acceptors (Lipinski definition) is 6. The van der Waals surface area contributed by atoms with Gasteiger partial charge in [0.15, 0.2) is 11.5 Å². The number of carbonyl (C=O) groups is 1. The molecule has 6 nitrogen and oxygen atoms in total. The Morgan fingerprint density at radius 3 is 2.90 bits per heavy atom. The number of ether oxygens (including phenoxy) is 4. The summed E-state index contributed by atoms with van der Waals surface area (Å²) in [5.41, 5.74) is 7.49. The highest BCUT2D eigenvalue weighted by molar-refractivity contribution is 5.97. The van der Waals surface area contributed by atoms with Gasteiger partial charge in [0, 0.05) is 11.6 Å². The van der Waals surface area contributed by atoms with Crippen LogP contribution in [0.4, 0.5) is 5.69 Å². The molecule has 2 aromatic rings. The molecule has 1 aliphatic carbocycles. The second-order valence-corrected chi connectivity index (χ2v) is 7.86. The molecular formula is C23H21NO5. The fourth-order valence-corrected chi connectivity index (χ4v) is 5.02. The van der Waals surface area contributed by atoms with Crippen molar-refractivity contribution in [2.75, 3.05) is 25.8 Å². The zero-order chi connectivity index (χ0) is 19.5. The van der Waals surface area contributed by atoms with Gasteiger partial charge in [0.1, 0.15) is 6.61 Å². The highest BCUT2D eigenvalue weighted by Crippen LogP contribution is 2.50. The Hall–Kier alpha value is -3.15. The molecule has 3 aliphatic heterocycles. The summed E-state index contributed by atoms with van der Waals surface area (Å²) in [6, 6.07) is 8.28. The van der Waals surface area contributed by atoms with Crippen molar-refractivity contribution in [2.24, 2.45) is 0 Å². The summed E-state index contributed by atoms with van der Waals surface area (Å²) in [5, 5.41) is 3.54. The molecule has 6 heteroatoms. The quantitative estimate of drug-likeness (QED) is 0.788. The Labute approximate surface area is 168 Å². The SMILES string of the molecule is COc1cc([C@H]2C3=C(COC3=O)Nc3c2ccc2c3CCCC2)cc2c1OCO2. The van der Waals surface area contributed by atoms with Crippen molar-refractivity contribution in [1.82, 2.24) is 0 Å². The topological polar surface area (TPSA) is 66.0 Å². The summed E-state index contributed by atoms with van der Waals surface area (Å²) in [7, 11) is 1.61. The summed E-state index contributed by atoms with van der Waals surface area (Å²) in [4.78, 5) is 12.7. The molecule has 29 heavy (non-hydrogen) atoms. The highest BCUT2D eigenvalue weighted by Gasteiger charge is 2.40. The monoisotopic (exact) mass is 391 g/mol. The number of anilines is 1. The van der Waals surface area contributed by atoms with Crippen LogP contribution in [0.2, 0.25) is 0 Å². The van der Waals surface area contributed by atoms with Crippen LogP contribution < -0.4 is 19.5 Å². The lowest BCUT2D eigenvalue weighted by atomic mass is 9.77. The van der Waals surface area contributed by atoms with E-state index >= 15 is 0 Å². The third-order valence-electron chi connectivity index (χ3n) is 6.35. The first kappa shape index (κ1) is 16.8. The third-order valence-corrected chi connectivity index (χ3v) is 6.35. The summed E-state index contributed by atoms with van der Waals surface area (Å²) in [5.74, 6) is 1.37. The van der Waals surface area contributed by atoms with Crippen molar-refractivity contribution in [2.45, 2.75) is 31.6 Å². The number of esters is 1. The van der Waals surface area contributed by atoms with Crippen molar-refractivity contribution >= 4 is 11.7 Å². The maximum absolute atomic E-state index is 12.7. The minimum Gasteiger partial charge on any atom is -0.493 e. The molecule has 148 valence electrons. The zero-order valence-corrected chi connectivity index (χ0v) is 16.2. The molecule has 0 bridgehead atoms. The van der Waals surface area contributed by atoms with Crippen LogP contribution in [0, 0.1) is 0 Å². The van der Waals surface area contributed by atoms with Crippen molar-refractivity contribution in [3.63, 3.8) is 0 Å². The molecule has 4 aliphatic rings. The second-order valence-electron chi connectivity index (χ2n) is 7.86. The average Bonchev–Trinajstić information content (AvgIpc) is 3.38. The third kappa shape index (κ3) is 2.38. The second kappa shape index (κ2) is 6.17. The van der Waals surface area contributed by atoms with E-state index in [2.05, 4.69) is 17.4 Å². The van der Waals surface area contributed by atoms with Gasteiger partial charge in [-0.3, -0.25) is 0 Å². The van der Waals surface area contributed by atoms with Crippen LogP contribution in [-0.4, -0.2) is 26.5 Å². The van der Waals surface area contributed by atoms with Crippen molar-refractivity contribution in [1.29, 1.82) is 0 Å². The molecule has 1 atom stereocenters. The van der Waals surface area contributed by atoms with Gasteiger partial charge in [-0.25, -0.2) is 4.79 Å². The molecule has 0 radical (unpaired) electrons. The van der Waals surface area contributed by atoms with Gasteiger partial charge in [-0.05, 0) is 60.1 Å². The molecule has 6 rings (SSSR count). The molecule has 2 aromatic carbocycles. The number of cyclic esters (lactones) is 1. The molecular weight excluding hydrogens is 370 g/mol. The first-order valence-electron chi connectivity index (χ1n) is 10.0. The van der Waals surface area contributed by atoms with Gasteiger partial charge < -0.3 is 24.3 Å². The molecule has 0 saturated heterocycles. The van der Waals surface area contributed by atoms with E-state index in [1.165, 1.54) is 24.0 Å². The summed E-state index contributed by atoms with van der Waals surface area (Å²) >= 11 is 0. The standard InChI is InChI=1S/C23H21NO5/c1-26-17-8-13(9-18-22(17)29-11-28-18)19-15-7-6-12-4-2-3-5-14(12)21(15)24-16-10-27-23(25)20(16)19/h6-9,19,24H,2-5,10-11H2,1H3/t19-/m1/s1. The number of benzene rings is 2. The van der Waals surface area contributed by atoms with E-state index < -0.39 is 0 Å². The number of methoxy groups -OCH3 is 1. The molecule has 0 amide bonds. The number of hydrogen-bond donors (Lipinski definition) is 1. The maximum Gasteiger partial charge on any atom is 0.337 e. The molecule has 0 saturated carbocycles. The Morgan fingerprint density at radius 1 is 1.10 bits per heavy atom. The van der Waals surface area contributed by atoms with E-state index in [4.69, 9.17) is 18.9 Å². The number of aryl methyl sites for hydroxylation is 1. The van der Waals surface area contributed by atoms with Gasteiger partial charge in [0.25, 0.3) is 0 Å². The Kier molecular flexibility index (Phi) is 3.57. The van der Waals surface area contributed by atoms with Crippen LogP contribution in [-0.2, 0) is 22.4 Å². The summed E-state index contributed by atoms with van der Waals surface area (Å²) in [6.07, 6.45) is 4.58. The van der Waals surface area contributed by atoms with E-state index in [9.17, 15) is 4.79 Å². The Balaban J connectivity index is 1.58. The smallest absolute Gasteiger partial charge is 0.337 e. The van der Waals surface area contributed by atoms with Crippen LogP contribution in [0.25, 0.3) is 0 Å². The van der Waals surface area contributed by atoms with Gasteiger partial charge in [0.2, 0.25) is 12.5 Å². The predicted octanol–water partition coefficient (Wildman–Crippen LogP) is 3.67. The molecule has 0 fully saturated rings. The van der Waals surface area contributed by atoms with Crippen molar-refractivity contribution < 1.29 is 23.7 Å². The van der Waals surface area contributed by atoms with Crippen LogP contribution in [0.3, 0.4) is 0 Å². The lowest BCUT2D eigenvalue weighted by Crippen LogP contribution is -2.22. The Bertz CT molecular complexity index is 1090. The first-order chi connectivity index (χ1) is 14.2. The number of nitrogens with one attached hydrogen (secondary N) is 1. The van der Waals surface area contributed by atoms with E-state index in [0.717, 1.165) is 35.4 Å². The molecule has 0 spiro atoms. The number of carbonyl (C=O) groups excluding carboxylic acids is 1. The number of fused-ring (bicyclic) bond motifs is 4. The number of rotatable bonds is 2. The predicted molar refractivity (Wildman–Crippen MR) is 106 cm³/mol. The Morgan fingerprint density at radius 2 is 2.00 bits per heavy atom. The summed E-state index contributed by atoms with van der Waals surface area (Å²) in [6.45, 7) is 0.455. The zero-order valence-electron chi connectivity index (χ0n) is 16.2. The van der Waals surface area contributed by atoms with Crippen molar-refractivity contribution in [3.8, 4) is 17.2 Å². The van der Waals surface area contributed by atoms with E-state index in [0.29, 0.717) is 22.8 Å². The lowest BCUT2D eigenvalue weighted by Gasteiger charge is -2.31. The van der Waals surface area contributed by atoms with Crippen LogP contribution in [0.5, 0.6) is 17.2 Å². The normalized spacial score (nSPS) is 21.1. The maximum atomic E-state index is 12.7. The van der Waals surface area contributed by atoms with Crippen LogP contribution in [0.1, 0.15) is 41.0 Å². The van der Waals surface area contributed by atoms with Gasteiger partial charge >= 0.3 is 5.97 Å². The molecule has 1 N–H and O–H groups in total. The van der Waals surface area contributed by atoms with Crippen molar-refractivity contribution in [3.05, 3.63) is 57.8 Å². The van der Waals surface area contributed by atoms with Gasteiger partial charge in [-0.15, -0.1) is 0 Å². The summed E-state index contributed by atoms with van der Waals surface area (Å²) < 4.78 is 22.2. The molecule has 0 unspecified atom stereocenters. The molecule has 3 heterocycles. The van der Waals surface area contributed by atoms with Crippen LogP contribution in [0.15, 0.2) is 35.5 Å². The van der Waals surface area contributed by atoms with E-state index in [-0.39, 0.29) is 25.3 Å². The van der Waals surface area contributed by atoms with Crippen LogP contribution >= 0.6 is 0 Å². The minimum atomic E-state index is -0.266. The minimum absolute atomic E-state index is 0.168. The van der Waals surface area contributed by atoms with Gasteiger partial charge in [-0.1, -0.05) is 12.1 Å². The average molecular weight is 391 g/mol. The fraction of sp³-hybridized carbons (Fsp3) is 0.348. The largest absolute Gasteiger partial charge is 0.493 e. The van der Waals surface area contributed by atoms with Gasteiger partial charge in [0.05, 0.1) is 18.4 Å². The van der Waals surface area contributed by atoms with E-state index in [1.54, 1.807) is 7.11 Å². The highest BCUT2D eigenvalue weighted by atomic mass is 16.7.